The maximum absolute atomic E-state index is 12.9. The van der Waals surface area contributed by atoms with Crippen molar-refractivity contribution >= 4 is 29.7 Å². The largest absolute Gasteiger partial charge is 0.760 e. The lowest BCUT2D eigenvalue weighted by Crippen LogP contribution is -2.37. The van der Waals surface area contributed by atoms with Crippen LogP contribution in [0.15, 0.2) is 0 Å². The number of carbonyl (C=O) groups is 3. The van der Waals surface area contributed by atoms with Gasteiger partial charge in [-0.15, -0.1) is 0 Å². The zero-order chi connectivity index (χ0) is 24.0. The van der Waals surface area contributed by atoms with Gasteiger partial charge in [0.15, 0.2) is 0 Å². The van der Waals surface area contributed by atoms with Crippen LogP contribution in [-0.2, 0) is 39.9 Å². The maximum Gasteiger partial charge on any atom is 0.311 e. The highest BCUT2D eigenvalue weighted by Gasteiger charge is 2.40. The van der Waals surface area contributed by atoms with E-state index in [1.165, 1.54) is 7.05 Å². The van der Waals surface area contributed by atoms with E-state index < -0.39 is 28.6 Å². The van der Waals surface area contributed by atoms with E-state index in [2.05, 4.69) is 0 Å². The molecule has 0 spiro atoms. The van der Waals surface area contributed by atoms with E-state index in [1.807, 2.05) is 27.7 Å². The third-order valence-electron chi connectivity index (χ3n) is 5.38. The molecule has 0 heterocycles. The molecule has 4 unspecified atom stereocenters. The van der Waals surface area contributed by atoms with Gasteiger partial charge in [-0.1, -0.05) is 27.7 Å². The Balaban J connectivity index is 5.28. The minimum atomic E-state index is -2.39. The summed E-state index contributed by atoms with van der Waals surface area (Å²) in [6.45, 7) is 10.3. The second kappa shape index (κ2) is 15.3. The Morgan fingerprint density at radius 3 is 2.35 bits per heavy atom. The Labute approximate surface area is 188 Å². The topological polar surface area (TPSA) is 122 Å². The smallest absolute Gasteiger partial charge is 0.311 e. The van der Waals surface area contributed by atoms with Gasteiger partial charge in [0.1, 0.15) is 6.61 Å². The first-order valence-corrected chi connectivity index (χ1v) is 11.7. The summed E-state index contributed by atoms with van der Waals surface area (Å²) in [6.07, 6.45) is 1.91. The Kier molecular flexibility index (Phi) is 14.6. The van der Waals surface area contributed by atoms with E-state index in [1.54, 1.807) is 6.92 Å². The molecule has 0 N–H and O–H groups in total. The molecule has 9 nitrogen and oxygen atoms in total. The van der Waals surface area contributed by atoms with Crippen LogP contribution in [0.2, 0.25) is 0 Å². The second-order valence-electron chi connectivity index (χ2n) is 8.54. The van der Waals surface area contributed by atoms with Gasteiger partial charge >= 0.3 is 11.9 Å². The minimum absolute atomic E-state index is 0.0393. The first-order chi connectivity index (χ1) is 14.5. The number of likely N-dealkylation sites (N-methyl/N-ethyl adjacent to an activating group) is 1. The van der Waals surface area contributed by atoms with Crippen molar-refractivity contribution in [2.75, 3.05) is 33.4 Å². The number of rotatable bonds is 17. The summed E-state index contributed by atoms with van der Waals surface area (Å²) in [5.41, 5.74) is -0.862. The first-order valence-electron chi connectivity index (χ1n) is 10.7. The van der Waals surface area contributed by atoms with Crippen molar-refractivity contribution in [2.45, 2.75) is 60.3 Å². The van der Waals surface area contributed by atoms with Crippen molar-refractivity contribution in [2.24, 2.45) is 23.2 Å². The highest BCUT2D eigenvalue weighted by Crippen LogP contribution is 2.36. The lowest BCUT2D eigenvalue weighted by Gasteiger charge is -2.32. The molecule has 0 radical (unpaired) electrons. The number of nitrogens with zero attached hydrogens (tertiary/aromatic N) is 1. The fourth-order valence-corrected chi connectivity index (χ4v) is 3.21. The Bertz CT molecular complexity index is 586. The molecule has 0 aliphatic rings. The molecule has 0 aromatic carbocycles. The maximum atomic E-state index is 12.9. The summed E-state index contributed by atoms with van der Waals surface area (Å²) in [4.78, 5) is 36.0. The van der Waals surface area contributed by atoms with Gasteiger partial charge in [0.05, 0.1) is 24.5 Å². The molecule has 0 fully saturated rings. The van der Waals surface area contributed by atoms with Crippen LogP contribution in [0.25, 0.3) is 0 Å². The molecule has 0 aliphatic heterocycles. The summed E-state index contributed by atoms with van der Waals surface area (Å²) in [6, 6.07) is 0. The van der Waals surface area contributed by atoms with Crippen molar-refractivity contribution < 1.29 is 37.4 Å². The average molecular weight is 465 g/mol. The molecule has 10 heteroatoms. The van der Waals surface area contributed by atoms with Gasteiger partial charge in [-0.05, 0) is 51.5 Å². The summed E-state index contributed by atoms with van der Waals surface area (Å²) in [7, 11) is 1.38. The van der Waals surface area contributed by atoms with E-state index in [-0.39, 0.29) is 44.0 Å². The molecule has 0 rings (SSSR count). The fourth-order valence-electron chi connectivity index (χ4n) is 2.99. The van der Waals surface area contributed by atoms with Gasteiger partial charge in [0, 0.05) is 17.8 Å². The predicted octanol–water partition coefficient (Wildman–Crippen LogP) is 2.47. The summed E-state index contributed by atoms with van der Waals surface area (Å²) in [5, 5.41) is 0. The summed E-state index contributed by atoms with van der Waals surface area (Å²) in [5.74, 6) is -1.36. The van der Waals surface area contributed by atoms with Crippen molar-refractivity contribution in [3.63, 3.8) is 0 Å². The molecule has 0 aliphatic carbocycles. The normalized spacial score (nSPS) is 16.3. The number of hydrogen-bond donors (Lipinski definition) is 0. The van der Waals surface area contributed by atoms with Crippen LogP contribution in [-0.4, -0.2) is 64.9 Å². The third kappa shape index (κ3) is 11.6. The highest BCUT2D eigenvalue weighted by molar-refractivity contribution is 7.76. The third-order valence-corrected chi connectivity index (χ3v) is 6.07. The molecule has 0 aromatic rings. The zero-order valence-electron chi connectivity index (χ0n) is 19.6. The van der Waals surface area contributed by atoms with Crippen LogP contribution in [0.4, 0.5) is 0 Å². The molecule has 0 amide bonds. The highest BCUT2D eigenvalue weighted by atomic mass is 32.2. The molecule has 0 bridgehead atoms. The molecule has 4 atom stereocenters. The van der Waals surface area contributed by atoms with Gasteiger partial charge in [-0.3, -0.25) is 18.6 Å². The van der Waals surface area contributed by atoms with E-state index in [0.29, 0.717) is 32.3 Å². The zero-order valence-corrected chi connectivity index (χ0v) is 20.4. The van der Waals surface area contributed by atoms with E-state index in [0.717, 1.165) is 4.31 Å². The number of ether oxygens (including phenoxy) is 3. The minimum Gasteiger partial charge on any atom is -0.760 e. The van der Waals surface area contributed by atoms with E-state index in [4.69, 9.17) is 14.2 Å². The lowest BCUT2D eigenvalue weighted by molar-refractivity contribution is -0.161. The van der Waals surface area contributed by atoms with Gasteiger partial charge in [-0.25, -0.2) is 4.31 Å². The quantitative estimate of drug-likeness (QED) is 0.106. The Morgan fingerprint density at radius 2 is 1.84 bits per heavy atom. The number of hydrogen-bond acceptors (Lipinski definition) is 8. The summed E-state index contributed by atoms with van der Waals surface area (Å²) < 4.78 is 38.3. The SMILES string of the molecule is CCC(C)(CC(C(=O)OCCN(C)S(=O)[O-])C(C)CCCOC=O)C(=O)OCC(C)C. The molecule has 0 saturated carbocycles. The molecule has 0 aromatic heterocycles. The Morgan fingerprint density at radius 1 is 1.19 bits per heavy atom. The van der Waals surface area contributed by atoms with E-state index in [9.17, 15) is 23.1 Å². The number of esters is 2. The van der Waals surface area contributed by atoms with Crippen LogP contribution in [0, 0.1) is 23.2 Å². The van der Waals surface area contributed by atoms with Crippen molar-refractivity contribution in [3.05, 3.63) is 0 Å². The van der Waals surface area contributed by atoms with Crippen LogP contribution in [0.5, 0.6) is 0 Å². The summed E-state index contributed by atoms with van der Waals surface area (Å²) >= 11 is -2.39. The average Bonchev–Trinajstić information content (AvgIpc) is 2.72. The first kappa shape index (κ1) is 29.5. The fraction of sp³-hybridized carbons (Fsp3) is 0.857. The molecular weight excluding hydrogens is 426 g/mol. The standard InChI is InChI=1S/C21H39NO8S/c1-7-21(5,20(25)30-14-16(2)3)13-18(17(4)9-8-11-28-15-23)19(24)29-12-10-22(6)31(26)27/h15-18H,7-14H2,1-6H3,(H,26,27)/p-1. The van der Waals surface area contributed by atoms with E-state index >= 15 is 0 Å². The monoisotopic (exact) mass is 464 g/mol. The molecule has 182 valence electrons. The van der Waals surface area contributed by atoms with Crippen molar-refractivity contribution in [3.8, 4) is 0 Å². The Hall–Kier alpha value is -1.52. The second-order valence-corrected chi connectivity index (χ2v) is 9.60. The molecule has 31 heavy (non-hydrogen) atoms. The van der Waals surface area contributed by atoms with Crippen LogP contribution in [0.3, 0.4) is 0 Å². The van der Waals surface area contributed by atoms with Crippen LogP contribution >= 0.6 is 0 Å². The van der Waals surface area contributed by atoms with Crippen molar-refractivity contribution in [1.29, 1.82) is 0 Å². The molecule has 0 saturated heterocycles. The van der Waals surface area contributed by atoms with Gasteiger partial charge in [0.2, 0.25) is 0 Å². The van der Waals surface area contributed by atoms with Crippen molar-refractivity contribution in [1.82, 2.24) is 4.31 Å². The molecular formula is C21H38NO8S-. The van der Waals surface area contributed by atoms with Crippen LogP contribution < -0.4 is 0 Å². The van der Waals surface area contributed by atoms with Crippen LogP contribution in [0.1, 0.15) is 60.3 Å². The number of carbonyl (C=O) groups excluding carboxylic acids is 3. The lowest BCUT2D eigenvalue weighted by atomic mass is 9.74. The van der Waals surface area contributed by atoms with Gasteiger partial charge in [0.25, 0.3) is 6.47 Å². The predicted molar refractivity (Wildman–Crippen MR) is 115 cm³/mol. The van der Waals surface area contributed by atoms with Gasteiger partial charge in [-0.2, -0.15) is 0 Å². The van der Waals surface area contributed by atoms with Gasteiger partial charge < -0.3 is 18.8 Å².